The highest BCUT2D eigenvalue weighted by atomic mass is 16.6. The standard InChI is InChI=1S/C17H19N3O4/c1-12-3-8-16(18-9-12)23-15-10-20(11-15)17(21)24-14-6-4-13(5-7-14)19-22-2/h3-9,15,19H,10-11H2,1-2H3. The van der Waals surface area contributed by atoms with E-state index in [0.29, 0.717) is 24.7 Å². The number of nitrogens with zero attached hydrogens (tertiary/aromatic N) is 2. The van der Waals surface area contributed by atoms with Crippen molar-refractivity contribution in [3.8, 4) is 11.6 Å². The summed E-state index contributed by atoms with van der Waals surface area (Å²) in [7, 11) is 1.53. The van der Waals surface area contributed by atoms with Gasteiger partial charge in [-0.3, -0.25) is 10.3 Å². The molecule has 1 N–H and O–H groups in total. The van der Waals surface area contributed by atoms with Gasteiger partial charge in [0.2, 0.25) is 5.88 Å². The number of rotatable bonds is 5. The molecule has 2 heterocycles. The molecule has 0 saturated carbocycles. The lowest BCUT2D eigenvalue weighted by Crippen LogP contribution is -2.57. The monoisotopic (exact) mass is 329 g/mol. The van der Waals surface area contributed by atoms with Crippen molar-refractivity contribution < 1.29 is 19.1 Å². The zero-order valence-electron chi connectivity index (χ0n) is 13.6. The number of hydrogen-bond donors (Lipinski definition) is 1. The third kappa shape index (κ3) is 3.94. The molecule has 1 aliphatic rings. The van der Waals surface area contributed by atoms with Crippen LogP contribution in [0, 0.1) is 6.92 Å². The summed E-state index contributed by atoms with van der Waals surface area (Å²) < 4.78 is 11.0. The molecule has 1 aromatic carbocycles. The smallest absolute Gasteiger partial charge is 0.415 e. The van der Waals surface area contributed by atoms with Gasteiger partial charge < -0.3 is 14.4 Å². The normalized spacial score (nSPS) is 14.0. The van der Waals surface area contributed by atoms with Crippen molar-refractivity contribution >= 4 is 11.8 Å². The quantitative estimate of drug-likeness (QED) is 0.850. The van der Waals surface area contributed by atoms with E-state index in [-0.39, 0.29) is 12.2 Å². The highest BCUT2D eigenvalue weighted by Crippen LogP contribution is 2.20. The predicted molar refractivity (Wildman–Crippen MR) is 88.1 cm³/mol. The van der Waals surface area contributed by atoms with E-state index in [0.717, 1.165) is 11.3 Å². The Balaban J connectivity index is 1.45. The van der Waals surface area contributed by atoms with Crippen molar-refractivity contribution in [1.82, 2.24) is 9.88 Å². The van der Waals surface area contributed by atoms with E-state index in [1.165, 1.54) is 7.11 Å². The molecule has 24 heavy (non-hydrogen) atoms. The molecule has 0 bridgehead atoms. The van der Waals surface area contributed by atoms with E-state index in [1.54, 1.807) is 35.4 Å². The predicted octanol–water partition coefficient (Wildman–Crippen LogP) is 2.63. The van der Waals surface area contributed by atoms with E-state index < -0.39 is 0 Å². The number of aromatic nitrogens is 1. The number of amides is 1. The summed E-state index contributed by atoms with van der Waals surface area (Å²) in [4.78, 5) is 22.6. The Morgan fingerprint density at radius 3 is 2.58 bits per heavy atom. The van der Waals surface area contributed by atoms with Gasteiger partial charge in [-0.2, -0.15) is 0 Å². The largest absolute Gasteiger partial charge is 0.471 e. The first kappa shape index (κ1) is 16.1. The van der Waals surface area contributed by atoms with Crippen LogP contribution >= 0.6 is 0 Å². The number of ether oxygens (including phenoxy) is 2. The van der Waals surface area contributed by atoms with Gasteiger partial charge in [0.1, 0.15) is 11.9 Å². The molecule has 0 aliphatic carbocycles. The van der Waals surface area contributed by atoms with E-state index in [1.807, 2.05) is 19.1 Å². The van der Waals surface area contributed by atoms with Gasteiger partial charge in [-0.25, -0.2) is 9.78 Å². The number of anilines is 1. The number of benzene rings is 1. The summed E-state index contributed by atoms with van der Waals surface area (Å²) in [6, 6.07) is 10.7. The maximum absolute atomic E-state index is 12.0. The average Bonchev–Trinajstić information content (AvgIpc) is 2.54. The van der Waals surface area contributed by atoms with Crippen LogP contribution in [-0.4, -0.2) is 42.3 Å². The highest BCUT2D eigenvalue weighted by Gasteiger charge is 2.33. The second kappa shape index (κ2) is 7.18. The maximum atomic E-state index is 12.0. The highest BCUT2D eigenvalue weighted by molar-refractivity contribution is 5.72. The number of hydrogen-bond acceptors (Lipinski definition) is 6. The number of pyridine rings is 1. The van der Waals surface area contributed by atoms with Gasteiger partial charge in [0.15, 0.2) is 0 Å². The van der Waals surface area contributed by atoms with Crippen LogP contribution in [-0.2, 0) is 4.84 Å². The zero-order chi connectivity index (χ0) is 16.9. The zero-order valence-corrected chi connectivity index (χ0v) is 13.6. The molecule has 1 amide bonds. The van der Waals surface area contributed by atoms with E-state index in [2.05, 4.69) is 10.5 Å². The Morgan fingerprint density at radius 2 is 1.96 bits per heavy atom. The Hall–Kier alpha value is -2.80. The third-order valence-corrected chi connectivity index (χ3v) is 3.56. The summed E-state index contributed by atoms with van der Waals surface area (Å²) in [5.74, 6) is 1.05. The lowest BCUT2D eigenvalue weighted by molar-refractivity contribution is 0.0258. The first-order valence-corrected chi connectivity index (χ1v) is 7.59. The molecule has 1 aromatic heterocycles. The summed E-state index contributed by atoms with van der Waals surface area (Å²) in [5.41, 5.74) is 4.55. The fraction of sp³-hybridized carbons (Fsp3) is 0.294. The van der Waals surface area contributed by atoms with E-state index >= 15 is 0 Å². The van der Waals surface area contributed by atoms with Crippen LogP contribution in [0.5, 0.6) is 11.6 Å². The fourth-order valence-corrected chi connectivity index (χ4v) is 2.23. The summed E-state index contributed by atoms with van der Waals surface area (Å²) in [6.45, 7) is 2.94. The molecule has 2 aromatic rings. The van der Waals surface area contributed by atoms with Gasteiger partial charge in [0.05, 0.1) is 25.9 Å². The van der Waals surface area contributed by atoms with Crippen LogP contribution in [0.2, 0.25) is 0 Å². The maximum Gasteiger partial charge on any atom is 0.415 e. The Labute approximate surface area is 140 Å². The molecule has 7 nitrogen and oxygen atoms in total. The number of carbonyl (C=O) groups excluding carboxylic acids is 1. The molecule has 0 spiro atoms. The molecule has 1 saturated heterocycles. The molecule has 1 fully saturated rings. The molecule has 0 radical (unpaired) electrons. The van der Waals surface area contributed by atoms with Crippen LogP contribution in [0.3, 0.4) is 0 Å². The minimum atomic E-state index is -0.390. The minimum absolute atomic E-state index is 0.0546. The SMILES string of the molecule is CONc1ccc(OC(=O)N2CC(Oc3ccc(C)cn3)C2)cc1. The average molecular weight is 329 g/mol. The number of nitrogens with one attached hydrogen (secondary N) is 1. The van der Waals surface area contributed by atoms with Crippen LogP contribution < -0.4 is 15.0 Å². The van der Waals surface area contributed by atoms with E-state index in [9.17, 15) is 4.79 Å². The summed E-state index contributed by atoms with van der Waals surface area (Å²) in [6.07, 6.45) is 1.31. The molecule has 7 heteroatoms. The molecule has 0 atom stereocenters. The van der Waals surface area contributed by atoms with Crippen LogP contribution in [0.15, 0.2) is 42.6 Å². The van der Waals surface area contributed by atoms with Crippen LogP contribution in [0.1, 0.15) is 5.56 Å². The van der Waals surface area contributed by atoms with Gasteiger partial charge in [0.25, 0.3) is 0 Å². The lowest BCUT2D eigenvalue weighted by atomic mass is 10.2. The van der Waals surface area contributed by atoms with Crippen molar-refractivity contribution in [2.45, 2.75) is 13.0 Å². The molecular weight excluding hydrogens is 310 g/mol. The molecular formula is C17H19N3O4. The topological polar surface area (TPSA) is 72.9 Å². The number of likely N-dealkylation sites (tertiary alicyclic amines) is 1. The Kier molecular flexibility index (Phi) is 4.81. The van der Waals surface area contributed by atoms with Gasteiger partial charge in [-0.05, 0) is 36.8 Å². The summed E-state index contributed by atoms with van der Waals surface area (Å²) in [5, 5.41) is 0. The Morgan fingerprint density at radius 1 is 1.21 bits per heavy atom. The van der Waals surface area contributed by atoms with Crippen LogP contribution in [0.25, 0.3) is 0 Å². The second-order valence-electron chi connectivity index (χ2n) is 5.52. The van der Waals surface area contributed by atoms with Crippen molar-refractivity contribution in [3.05, 3.63) is 48.2 Å². The van der Waals surface area contributed by atoms with Crippen molar-refractivity contribution in [2.75, 3.05) is 25.7 Å². The van der Waals surface area contributed by atoms with Crippen LogP contribution in [0.4, 0.5) is 10.5 Å². The first-order valence-electron chi connectivity index (χ1n) is 7.59. The number of aryl methyl sites for hydroxylation is 1. The minimum Gasteiger partial charge on any atom is -0.471 e. The summed E-state index contributed by atoms with van der Waals surface area (Å²) >= 11 is 0. The molecule has 0 unspecified atom stereocenters. The van der Waals surface area contributed by atoms with Gasteiger partial charge in [-0.1, -0.05) is 6.07 Å². The van der Waals surface area contributed by atoms with Gasteiger partial charge in [0, 0.05) is 12.3 Å². The van der Waals surface area contributed by atoms with Crippen molar-refractivity contribution in [1.29, 1.82) is 0 Å². The second-order valence-corrected chi connectivity index (χ2v) is 5.52. The third-order valence-electron chi connectivity index (χ3n) is 3.56. The molecule has 3 rings (SSSR count). The van der Waals surface area contributed by atoms with Crippen molar-refractivity contribution in [3.63, 3.8) is 0 Å². The van der Waals surface area contributed by atoms with Gasteiger partial charge >= 0.3 is 6.09 Å². The first-order chi connectivity index (χ1) is 11.6. The Bertz CT molecular complexity index is 682. The van der Waals surface area contributed by atoms with Gasteiger partial charge in [-0.15, -0.1) is 0 Å². The fourth-order valence-electron chi connectivity index (χ4n) is 2.23. The molecule has 1 aliphatic heterocycles. The molecule has 126 valence electrons. The van der Waals surface area contributed by atoms with Crippen molar-refractivity contribution in [2.24, 2.45) is 0 Å². The lowest BCUT2D eigenvalue weighted by Gasteiger charge is -2.37. The number of carbonyl (C=O) groups is 1. The van der Waals surface area contributed by atoms with E-state index in [4.69, 9.17) is 14.3 Å².